The van der Waals surface area contributed by atoms with Gasteiger partial charge >= 0.3 is 0 Å². The number of allylic oxidation sites excluding steroid dienone is 7. The molecular formula is C13H17NO. The quantitative estimate of drug-likeness (QED) is 0.743. The molecule has 0 aromatic heterocycles. The number of hydrogen-bond acceptors (Lipinski definition) is 2. The minimum atomic E-state index is 0.374. The average molecular weight is 203 g/mol. The fraction of sp³-hybridized carbons (Fsp3) is 0.385. The SMILES string of the molecule is C1=C/C=C\C(OC2CCNCC2)=C/C=C1. The van der Waals surface area contributed by atoms with Crippen LogP contribution in [0.25, 0.3) is 0 Å². The molecule has 80 valence electrons. The van der Waals surface area contributed by atoms with Crippen LogP contribution in [0.3, 0.4) is 0 Å². The van der Waals surface area contributed by atoms with E-state index >= 15 is 0 Å². The lowest BCUT2D eigenvalue weighted by Gasteiger charge is -2.24. The van der Waals surface area contributed by atoms with Gasteiger partial charge in [0.15, 0.2) is 0 Å². The number of ether oxygens (including phenoxy) is 1. The Kier molecular flexibility index (Phi) is 3.80. The van der Waals surface area contributed by atoms with Crippen molar-refractivity contribution in [2.24, 2.45) is 0 Å². The lowest BCUT2D eigenvalue weighted by Crippen LogP contribution is -2.32. The predicted octanol–water partition coefficient (Wildman–Crippen LogP) is 2.32. The second-order valence-corrected chi connectivity index (χ2v) is 3.77. The minimum absolute atomic E-state index is 0.374. The first-order chi connectivity index (χ1) is 7.45. The normalized spacial score (nSPS) is 27.6. The Morgan fingerprint density at radius 2 is 1.73 bits per heavy atom. The van der Waals surface area contributed by atoms with Crippen molar-refractivity contribution in [1.82, 2.24) is 5.32 Å². The maximum atomic E-state index is 5.92. The van der Waals surface area contributed by atoms with Crippen LogP contribution in [0.5, 0.6) is 0 Å². The molecule has 1 aliphatic carbocycles. The first-order valence-corrected chi connectivity index (χ1v) is 5.54. The van der Waals surface area contributed by atoms with Gasteiger partial charge in [-0.3, -0.25) is 0 Å². The predicted molar refractivity (Wildman–Crippen MR) is 62.5 cm³/mol. The lowest BCUT2D eigenvalue weighted by atomic mass is 10.1. The number of rotatable bonds is 2. The van der Waals surface area contributed by atoms with Crippen LogP contribution < -0.4 is 5.32 Å². The van der Waals surface area contributed by atoms with Gasteiger partial charge in [0.25, 0.3) is 0 Å². The molecule has 1 aliphatic heterocycles. The molecule has 0 amide bonds. The van der Waals surface area contributed by atoms with Crippen molar-refractivity contribution in [3.63, 3.8) is 0 Å². The van der Waals surface area contributed by atoms with Gasteiger partial charge in [-0.1, -0.05) is 30.4 Å². The van der Waals surface area contributed by atoms with Crippen molar-refractivity contribution >= 4 is 0 Å². The van der Waals surface area contributed by atoms with Crippen LogP contribution in [0.1, 0.15) is 12.8 Å². The van der Waals surface area contributed by atoms with Crippen molar-refractivity contribution in [2.75, 3.05) is 13.1 Å². The second kappa shape index (κ2) is 5.56. The summed E-state index contributed by atoms with van der Waals surface area (Å²) in [5.74, 6) is 0.961. The maximum absolute atomic E-state index is 5.92. The fourth-order valence-corrected chi connectivity index (χ4v) is 1.73. The summed E-state index contributed by atoms with van der Waals surface area (Å²) in [7, 11) is 0. The molecule has 0 bridgehead atoms. The van der Waals surface area contributed by atoms with Crippen LogP contribution in [0.2, 0.25) is 0 Å². The molecule has 2 nitrogen and oxygen atoms in total. The molecule has 0 unspecified atom stereocenters. The number of nitrogens with one attached hydrogen (secondary N) is 1. The Labute approximate surface area is 91.0 Å². The van der Waals surface area contributed by atoms with E-state index in [-0.39, 0.29) is 0 Å². The molecule has 2 heteroatoms. The highest BCUT2D eigenvalue weighted by Gasteiger charge is 2.14. The summed E-state index contributed by atoms with van der Waals surface area (Å²) in [5.41, 5.74) is 0. The van der Waals surface area contributed by atoms with E-state index in [0.29, 0.717) is 6.10 Å². The molecule has 1 N–H and O–H groups in total. The molecule has 0 radical (unpaired) electrons. The third-order valence-electron chi connectivity index (χ3n) is 2.55. The summed E-state index contributed by atoms with van der Waals surface area (Å²) in [6.45, 7) is 2.13. The molecule has 1 fully saturated rings. The van der Waals surface area contributed by atoms with Gasteiger partial charge < -0.3 is 10.1 Å². The highest BCUT2D eigenvalue weighted by molar-refractivity contribution is 5.27. The van der Waals surface area contributed by atoms with Crippen LogP contribution in [0, 0.1) is 0 Å². The van der Waals surface area contributed by atoms with Gasteiger partial charge in [0.1, 0.15) is 11.9 Å². The van der Waals surface area contributed by atoms with Crippen molar-refractivity contribution in [3.8, 4) is 0 Å². The van der Waals surface area contributed by atoms with Gasteiger partial charge in [0, 0.05) is 0 Å². The first-order valence-electron chi connectivity index (χ1n) is 5.54. The summed E-state index contributed by atoms with van der Waals surface area (Å²) in [4.78, 5) is 0. The molecule has 0 atom stereocenters. The standard InChI is InChI=1S/C13H17NO/c1-2-4-6-12(7-5-3-1)15-13-8-10-14-11-9-13/h1-7,13-14H,8-11H2/b2-1?,3-1?,4-2?,5-3?,6-4-,7-5?,12-6?,12-7+. The van der Waals surface area contributed by atoms with Crippen molar-refractivity contribution < 1.29 is 4.74 Å². The zero-order chi connectivity index (χ0) is 10.3. The van der Waals surface area contributed by atoms with E-state index in [4.69, 9.17) is 4.74 Å². The Hall–Kier alpha value is -1.28. The first kappa shape index (κ1) is 10.2. The molecule has 1 saturated heterocycles. The van der Waals surface area contributed by atoms with Crippen molar-refractivity contribution in [2.45, 2.75) is 18.9 Å². The summed E-state index contributed by atoms with van der Waals surface area (Å²) >= 11 is 0. The molecule has 2 rings (SSSR count). The van der Waals surface area contributed by atoms with E-state index in [2.05, 4.69) is 5.32 Å². The smallest absolute Gasteiger partial charge is 0.119 e. The van der Waals surface area contributed by atoms with Crippen LogP contribution in [-0.2, 0) is 4.74 Å². The van der Waals surface area contributed by atoms with Gasteiger partial charge in [-0.15, -0.1) is 0 Å². The van der Waals surface area contributed by atoms with E-state index in [1.807, 2.05) is 42.5 Å². The van der Waals surface area contributed by atoms with Gasteiger partial charge in [-0.2, -0.15) is 0 Å². The van der Waals surface area contributed by atoms with E-state index in [1.54, 1.807) is 0 Å². The van der Waals surface area contributed by atoms with Crippen LogP contribution in [0.15, 0.2) is 48.3 Å². The molecule has 0 spiro atoms. The third-order valence-corrected chi connectivity index (χ3v) is 2.55. The lowest BCUT2D eigenvalue weighted by molar-refractivity contribution is 0.0960. The number of piperidine rings is 1. The van der Waals surface area contributed by atoms with Gasteiger partial charge in [-0.25, -0.2) is 0 Å². The molecular weight excluding hydrogens is 186 g/mol. The Balaban J connectivity index is 1.92. The molecule has 0 aromatic rings. The second-order valence-electron chi connectivity index (χ2n) is 3.77. The third kappa shape index (κ3) is 3.40. The fourth-order valence-electron chi connectivity index (χ4n) is 1.73. The van der Waals surface area contributed by atoms with Crippen molar-refractivity contribution in [3.05, 3.63) is 48.3 Å². The van der Waals surface area contributed by atoms with Gasteiger partial charge in [0.2, 0.25) is 0 Å². The summed E-state index contributed by atoms with van der Waals surface area (Å²) in [6, 6.07) is 0. The largest absolute Gasteiger partial charge is 0.490 e. The van der Waals surface area contributed by atoms with E-state index < -0.39 is 0 Å². The van der Waals surface area contributed by atoms with E-state index in [0.717, 1.165) is 31.7 Å². The topological polar surface area (TPSA) is 21.3 Å². The highest BCUT2D eigenvalue weighted by Crippen LogP contribution is 2.14. The molecule has 2 aliphatic rings. The van der Waals surface area contributed by atoms with Crippen LogP contribution >= 0.6 is 0 Å². The van der Waals surface area contributed by atoms with Crippen LogP contribution in [0.4, 0.5) is 0 Å². The zero-order valence-corrected chi connectivity index (χ0v) is 8.86. The monoisotopic (exact) mass is 203 g/mol. The number of hydrogen-bond donors (Lipinski definition) is 1. The Morgan fingerprint density at radius 3 is 2.60 bits per heavy atom. The zero-order valence-electron chi connectivity index (χ0n) is 8.86. The summed E-state index contributed by atoms with van der Waals surface area (Å²) in [6.07, 6.45) is 16.7. The Bertz CT molecular complexity index is 306. The summed E-state index contributed by atoms with van der Waals surface area (Å²) in [5, 5.41) is 3.33. The minimum Gasteiger partial charge on any atom is -0.490 e. The highest BCUT2D eigenvalue weighted by atomic mass is 16.5. The molecule has 0 saturated carbocycles. The molecule has 0 aromatic carbocycles. The van der Waals surface area contributed by atoms with Gasteiger partial charge in [-0.05, 0) is 38.1 Å². The average Bonchev–Trinajstić information content (AvgIpc) is 2.23. The summed E-state index contributed by atoms with van der Waals surface area (Å²) < 4.78 is 5.92. The molecule has 1 heterocycles. The Morgan fingerprint density at radius 1 is 1.00 bits per heavy atom. The molecule has 15 heavy (non-hydrogen) atoms. The van der Waals surface area contributed by atoms with Crippen molar-refractivity contribution in [1.29, 1.82) is 0 Å². The van der Waals surface area contributed by atoms with Crippen LogP contribution in [-0.4, -0.2) is 19.2 Å². The van der Waals surface area contributed by atoms with E-state index in [1.165, 1.54) is 0 Å². The van der Waals surface area contributed by atoms with Gasteiger partial charge in [0.05, 0.1) is 0 Å². The van der Waals surface area contributed by atoms with E-state index in [9.17, 15) is 0 Å². The maximum Gasteiger partial charge on any atom is 0.119 e.